The Kier molecular flexibility index (Phi) is 9.88. The van der Waals surface area contributed by atoms with E-state index in [2.05, 4.69) is 20.9 Å². The summed E-state index contributed by atoms with van der Waals surface area (Å²) in [6, 6.07) is 23.8. The SMILES string of the molecule is CC(C)[C@H](NC(=O)[C@H](Cc1c[nH]c2ccccc12)NC(=O)OCc1ccccc1)C(=O)C(=O)NCc1ccccc1. The minimum atomic E-state index is -1.09. The van der Waals surface area contributed by atoms with Crippen LogP contribution in [0.5, 0.6) is 0 Å². The molecule has 1 heterocycles. The fourth-order valence-electron chi connectivity index (χ4n) is 4.43. The van der Waals surface area contributed by atoms with E-state index in [-0.39, 0.29) is 25.5 Å². The standard InChI is InChI=1S/C32H34N4O5/c1-21(2)28(29(37)31(39)34-18-22-11-5-3-6-12-22)36-30(38)27(17-24-19-33-26-16-10-9-15-25(24)26)35-32(40)41-20-23-13-7-4-8-14-23/h3-16,19,21,27-28,33H,17-18,20H2,1-2H3,(H,34,39)(H,35,40)(H,36,38)/t27-,28-/m0/s1. The van der Waals surface area contributed by atoms with E-state index in [0.717, 1.165) is 27.6 Å². The number of amides is 3. The number of hydrogen-bond donors (Lipinski definition) is 4. The highest BCUT2D eigenvalue weighted by molar-refractivity contribution is 6.38. The van der Waals surface area contributed by atoms with Gasteiger partial charge in [-0.25, -0.2) is 4.79 Å². The number of rotatable bonds is 12. The van der Waals surface area contributed by atoms with Gasteiger partial charge in [0.2, 0.25) is 11.7 Å². The summed E-state index contributed by atoms with van der Waals surface area (Å²) in [6.07, 6.45) is 1.14. The lowest BCUT2D eigenvalue weighted by Crippen LogP contribution is -2.56. The van der Waals surface area contributed by atoms with E-state index in [1.165, 1.54) is 0 Å². The Morgan fingerprint density at radius 2 is 1.44 bits per heavy atom. The van der Waals surface area contributed by atoms with Crippen molar-refractivity contribution in [3.8, 4) is 0 Å². The molecule has 4 aromatic rings. The van der Waals surface area contributed by atoms with E-state index >= 15 is 0 Å². The third kappa shape index (κ3) is 8.04. The van der Waals surface area contributed by atoms with Crippen LogP contribution in [0, 0.1) is 5.92 Å². The molecule has 0 bridgehead atoms. The number of carbonyl (C=O) groups is 4. The number of Topliss-reactive ketones (excluding diaryl/α,β-unsaturated/α-hetero) is 1. The van der Waals surface area contributed by atoms with Crippen LogP contribution in [0.4, 0.5) is 4.79 Å². The van der Waals surface area contributed by atoms with Crippen LogP contribution in [0.2, 0.25) is 0 Å². The predicted octanol–water partition coefficient (Wildman–Crippen LogP) is 4.03. The Hall–Kier alpha value is -4.92. The van der Waals surface area contributed by atoms with Crippen molar-refractivity contribution >= 4 is 34.6 Å². The first kappa shape index (κ1) is 29.1. The number of H-pyrrole nitrogens is 1. The molecular weight excluding hydrogens is 520 g/mol. The van der Waals surface area contributed by atoms with Crippen LogP contribution in [0.3, 0.4) is 0 Å². The van der Waals surface area contributed by atoms with Crippen molar-refractivity contribution in [2.75, 3.05) is 0 Å². The Bertz CT molecular complexity index is 1480. The molecule has 9 heteroatoms. The molecule has 0 aliphatic carbocycles. The number of benzene rings is 3. The fourth-order valence-corrected chi connectivity index (χ4v) is 4.43. The maximum Gasteiger partial charge on any atom is 0.408 e. The molecule has 0 spiro atoms. The maximum atomic E-state index is 13.6. The van der Waals surface area contributed by atoms with Gasteiger partial charge in [0.15, 0.2) is 0 Å². The molecule has 0 aliphatic heterocycles. The molecule has 0 radical (unpaired) electrons. The zero-order valence-electron chi connectivity index (χ0n) is 23.1. The normalized spacial score (nSPS) is 12.4. The van der Waals surface area contributed by atoms with Gasteiger partial charge < -0.3 is 25.7 Å². The summed E-state index contributed by atoms with van der Waals surface area (Å²) in [5.41, 5.74) is 3.33. The number of ketones is 1. The Labute approximate surface area is 238 Å². The minimum absolute atomic E-state index is 0.0305. The summed E-state index contributed by atoms with van der Waals surface area (Å²) in [7, 11) is 0. The second kappa shape index (κ2) is 13.9. The van der Waals surface area contributed by atoms with Gasteiger partial charge in [-0.15, -0.1) is 0 Å². The summed E-state index contributed by atoms with van der Waals surface area (Å²) >= 11 is 0. The van der Waals surface area contributed by atoms with E-state index in [4.69, 9.17) is 4.74 Å². The van der Waals surface area contributed by atoms with Crippen molar-refractivity contribution in [1.82, 2.24) is 20.9 Å². The van der Waals surface area contributed by atoms with Crippen LogP contribution >= 0.6 is 0 Å². The minimum Gasteiger partial charge on any atom is -0.445 e. The molecule has 41 heavy (non-hydrogen) atoms. The second-order valence-electron chi connectivity index (χ2n) is 10.1. The van der Waals surface area contributed by atoms with Crippen molar-refractivity contribution in [1.29, 1.82) is 0 Å². The van der Waals surface area contributed by atoms with Crippen molar-refractivity contribution in [3.05, 3.63) is 108 Å². The summed E-state index contributed by atoms with van der Waals surface area (Å²) in [4.78, 5) is 55.3. The number of alkyl carbamates (subject to hydrolysis) is 1. The fraction of sp³-hybridized carbons (Fsp3) is 0.250. The first-order valence-electron chi connectivity index (χ1n) is 13.5. The largest absolute Gasteiger partial charge is 0.445 e. The van der Waals surface area contributed by atoms with Gasteiger partial charge in [-0.2, -0.15) is 0 Å². The van der Waals surface area contributed by atoms with Gasteiger partial charge in [-0.05, 0) is 28.7 Å². The number of hydrogen-bond acceptors (Lipinski definition) is 5. The van der Waals surface area contributed by atoms with Crippen LogP contribution in [-0.2, 0) is 38.7 Å². The molecule has 0 saturated heterocycles. The molecule has 3 aromatic carbocycles. The monoisotopic (exact) mass is 554 g/mol. The molecule has 0 fully saturated rings. The number of fused-ring (bicyclic) bond motifs is 1. The average Bonchev–Trinajstić information content (AvgIpc) is 3.40. The quantitative estimate of drug-likeness (QED) is 0.197. The van der Waals surface area contributed by atoms with Crippen LogP contribution in [0.15, 0.2) is 91.1 Å². The van der Waals surface area contributed by atoms with Gasteiger partial charge in [0.1, 0.15) is 12.6 Å². The summed E-state index contributed by atoms with van der Waals surface area (Å²) in [5.74, 6) is -2.54. The van der Waals surface area contributed by atoms with E-state index in [0.29, 0.717) is 0 Å². The molecule has 2 atom stereocenters. The Morgan fingerprint density at radius 1 is 0.805 bits per heavy atom. The molecular formula is C32H34N4O5. The van der Waals surface area contributed by atoms with Crippen LogP contribution < -0.4 is 16.0 Å². The number of para-hydroxylation sites is 1. The lowest BCUT2D eigenvalue weighted by molar-refractivity contribution is -0.141. The molecule has 3 amide bonds. The number of aromatic amines is 1. The molecule has 0 unspecified atom stereocenters. The summed E-state index contributed by atoms with van der Waals surface area (Å²) in [5, 5.41) is 8.88. The van der Waals surface area contributed by atoms with Gasteiger partial charge >= 0.3 is 6.09 Å². The molecule has 212 valence electrons. The number of nitrogens with one attached hydrogen (secondary N) is 4. The van der Waals surface area contributed by atoms with Gasteiger partial charge in [0.05, 0.1) is 6.04 Å². The molecule has 4 rings (SSSR count). The van der Waals surface area contributed by atoms with Crippen molar-refractivity contribution in [2.24, 2.45) is 5.92 Å². The third-order valence-electron chi connectivity index (χ3n) is 6.69. The smallest absolute Gasteiger partial charge is 0.408 e. The Balaban J connectivity index is 1.47. The van der Waals surface area contributed by atoms with Gasteiger partial charge in [-0.3, -0.25) is 14.4 Å². The highest BCUT2D eigenvalue weighted by Crippen LogP contribution is 2.19. The molecule has 0 saturated carbocycles. The van der Waals surface area contributed by atoms with Gasteiger partial charge in [0, 0.05) is 30.1 Å². The summed E-state index contributed by atoms with van der Waals surface area (Å²) < 4.78 is 5.36. The highest BCUT2D eigenvalue weighted by atomic mass is 16.5. The topological polar surface area (TPSA) is 129 Å². The molecule has 9 nitrogen and oxygen atoms in total. The van der Waals surface area contributed by atoms with Crippen molar-refractivity contribution in [3.63, 3.8) is 0 Å². The first-order valence-corrected chi connectivity index (χ1v) is 13.5. The highest BCUT2D eigenvalue weighted by Gasteiger charge is 2.32. The third-order valence-corrected chi connectivity index (χ3v) is 6.69. The number of carbonyl (C=O) groups excluding carboxylic acids is 4. The van der Waals surface area contributed by atoms with E-state index in [1.54, 1.807) is 20.0 Å². The van der Waals surface area contributed by atoms with Gasteiger partial charge in [0.25, 0.3) is 5.91 Å². The zero-order chi connectivity index (χ0) is 29.2. The Morgan fingerprint density at radius 3 is 2.12 bits per heavy atom. The number of ether oxygens (including phenoxy) is 1. The van der Waals surface area contributed by atoms with Crippen LogP contribution in [0.25, 0.3) is 10.9 Å². The van der Waals surface area contributed by atoms with E-state index in [1.807, 2.05) is 84.9 Å². The number of aromatic nitrogens is 1. The molecule has 4 N–H and O–H groups in total. The maximum absolute atomic E-state index is 13.6. The average molecular weight is 555 g/mol. The van der Waals surface area contributed by atoms with Crippen molar-refractivity contribution in [2.45, 2.75) is 45.5 Å². The first-order chi connectivity index (χ1) is 19.8. The molecule has 0 aliphatic rings. The summed E-state index contributed by atoms with van der Waals surface area (Å²) in [6.45, 7) is 3.69. The van der Waals surface area contributed by atoms with Crippen molar-refractivity contribution < 1.29 is 23.9 Å². The van der Waals surface area contributed by atoms with E-state index in [9.17, 15) is 19.2 Å². The zero-order valence-corrected chi connectivity index (χ0v) is 23.1. The lowest BCUT2D eigenvalue weighted by atomic mass is 9.97. The van der Waals surface area contributed by atoms with Crippen LogP contribution in [0.1, 0.15) is 30.5 Å². The molecule has 1 aromatic heterocycles. The lowest BCUT2D eigenvalue weighted by Gasteiger charge is -2.24. The van der Waals surface area contributed by atoms with Crippen LogP contribution in [-0.4, -0.2) is 40.8 Å². The predicted molar refractivity (Wildman–Crippen MR) is 156 cm³/mol. The van der Waals surface area contributed by atoms with Gasteiger partial charge in [-0.1, -0.05) is 92.7 Å². The second-order valence-corrected chi connectivity index (χ2v) is 10.1. The van der Waals surface area contributed by atoms with E-state index < -0.39 is 35.8 Å².